The highest BCUT2D eigenvalue weighted by Gasteiger charge is 2.18. The van der Waals surface area contributed by atoms with Crippen molar-refractivity contribution in [3.8, 4) is 11.3 Å². The first-order chi connectivity index (χ1) is 13.5. The van der Waals surface area contributed by atoms with Crippen molar-refractivity contribution in [3.63, 3.8) is 0 Å². The van der Waals surface area contributed by atoms with Gasteiger partial charge in [-0.05, 0) is 55.3 Å². The standard InChI is InChI=1S/C25H22N2O/c1-17-13-14-19(15-18(17)2)24-16-22(21-11-7-8-12-23(21)26-24)25(28)27(3)20-9-5-4-6-10-20/h4-16H,1-3H3. The molecule has 1 heterocycles. The Morgan fingerprint density at radius 3 is 2.29 bits per heavy atom. The van der Waals surface area contributed by atoms with Crippen molar-refractivity contribution in [1.29, 1.82) is 0 Å². The molecular formula is C25H22N2O. The number of carbonyl (C=O) groups is 1. The molecule has 1 amide bonds. The molecule has 0 fully saturated rings. The molecule has 4 rings (SSSR count). The summed E-state index contributed by atoms with van der Waals surface area (Å²) in [7, 11) is 1.81. The van der Waals surface area contributed by atoms with Gasteiger partial charge in [-0.25, -0.2) is 4.98 Å². The maximum atomic E-state index is 13.4. The van der Waals surface area contributed by atoms with Crippen molar-refractivity contribution in [2.24, 2.45) is 0 Å². The minimum absolute atomic E-state index is 0.0464. The van der Waals surface area contributed by atoms with E-state index in [2.05, 4.69) is 32.0 Å². The van der Waals surface area contributed by atoms with E-state index in [9.17, 15) is 4.79 Å². The number of pyridine rings is 1. The van der Waals surface area contributed by atoms with E-state index in [0.29, 0.717) is 5.56 Å². The summed E-state index contributed by atoms with van der Waals surface area (Å²) in [5, 5.41) is 0.864. The molecule has 0 saturated carbocycles. The summed E-state index contributed by atoms with van der Waals surface area (Å²) in [5.74, 6) is -0.0464. The smallest absolute Gasteiger partial charge is 0.258 e. The summed E-state index contributed by atoms with van der Waals surface area (Å²) in [5.41, 5.74) is 6.62. The Labute approximate surface area is 165 Å². The molecule has 0 bridgehead atoms. The highest BCUT2D eigenvalue weighted by atomic mass is 16.2. The van der Waals surface area contributed by atoms with Gasteiger partial charge in [0.1, 0.15) is 0 Å². The molecule has 0 spiro atoms. The predicted octanol–water partition coefficient (Wildman–Crippen LogP) is 5.80. The molecule has 3 aromatic carbocycles. The van der Waals surface area contributed by atoms with Gasteiger partial charge in [0.05, 0.1) is 16.8 Å². The van der Waals surface area contributed by atoms with Crippen molar-refractivity contribution in [2.75, 3.05) is 11.9 Å². The number of hydrogen-bond acceptors (Lipinski definition) is 2. The fourth-order valence-electron chi connectivity index (χ4n) is 3.35. The Morgan fingerprint density at radius 1 is 0.821 bits per heavy atom. The third kappa shape index (κ3) is 3.27. The molecule has 4 aromatic rings. The lowest BCUT2D eigenvalue weighted by Gasteiger charge is -2.19. The van der Waals surface area contributed by atoms with E-state index in [-0.39, 0.29) is 5.91 Å². The lowest BCUT2D eigenvalue weighted by molar-refractivity contribution is 0.0994. The molecule has 28 heavy (non-hydrogen) atoms. The van der Waals surface area contributed by atoms with Crippen LogP contribution in [0.4, 0.5) is 5.69 Å². The summed E-state index contributed by atoms with van der Waals surface area (Å²) in [6.07, 6.45) is 0. The Hall–Kier alpha value is -3.46. The second-order valence-electron chi connectivity index (χ2n) is 7.07. The molecule has 0 unspecified atom stereocenters. The highest BCUT2D eigenvalue weighted by Crippen LogP contribution is 2.28. The maximum absolute atomic E-state index is 13.4. The van der Waals surface area contributed by atoms with Gasteiger partial charge in [-0.2, -0.15) is 0 Å². The summed E-state index contributed by atoms with van der Waals surface area (Å²) >= 11 is 0. The monoisotopic (exact) mass is 366 g/mol. The van der Waals surface area contributed by atoms with E-state index in [1.165, 1.54) is 11.1 Å². The van der Waals surface area contributed by atoms with E-state index in [0.717, 1.165) is 27.8 Å². The minimum Gasteiger partial charge on any atom is -0.311 e. The molecular weight excluding hydrogens is 344 g/mol. The third-order valence-corrected chi connectivity index (χ3v) is 5.20. The average Bonchev–Trinajstić information content (AvgIpc) is 2.74. The number of fused-ring (bicyclic) bond motifs is 1. The highest BCUT2D eigenvalue weighted by molar-refractivity contribution is 6.14. The van der Waals surface area contributed by atoms with Crippen LogP contribution < -0.4 is 4.90 Å². The summed E-state index contributed by atoms with van der Waals surface area (Å²) in [4.78, 5) is 19.9. The average molecular weight is 366 g/mol. The molecule has 138 valence electrons. The van der Waals surface area contributed by atoms with E-state index < -0.39 is 0 Å². The molecule has 0 N–H and O–H groups in total. The Bertz CT molecular complexity index is 1170. The molecule has 1 aromatic heterocycles. The molecule has 0 aliphatic heterocycles. The molecule has 0 aliphatic carbocycles. The fraction of sp³-hybridized carbons (Fsp3) is 0.120. The van der Waals surface area contributed by atoms with Gasteiger partial charge in [0.2, 0.25) is 0 Å². The first kappa shape index (κ1) is 17.9. The SMILES string of the molecule is Cc1ccc(-c2cc(C(=O)N(C)c3ccccc3)c3ccccc3n2)cc1C. The predicted molar refractivity (Wildman–Crippen MR) is 116 cm³/mol. The van der Waals surface area contributed by atoms with Crippen LogP contribution in [0.3, 0.4) is 0 Å². The van der Waals surface area contributed by atoms with Crippen LogP contribution in [0.15, 0.2) is 78.9 Å². The number of aromatic nitrogens is 1. The van der Waals surface area contributed by atoms with Crippen LogP contribution in [0.25, 0.3) is 22.2 Å². The molecule has 0 radical (unpaired) electrons. The minimum atomic E-state index is -0.0464. The Morgan fingerprint density at radius 2 is 1.54 bits per heavy atom. The van der Waals surface area contributed by atoms with E-state index in [4.69, 9.17) is 4.98 Å². The van der Waals surface area contributed by atoms with Crippen LogP contribution >= 0.6 is 0 Å². The van der Waals surface area contributed by atoms with Gasteiger partial charge in [0.25, 0.3) is 5.91 Å². The quantitative estimate of drug-likeness (QED) is 0.459. The number of carbonyl (C=O) groups excluding carboxylic acids is 1. The first-order valence-electron chi connectivity index (χ1n) is 9.35. The normalized spacial score (nSPS) is 10.8. The maximum Gasteiger partial charge on any atom is 0.258 e. The lowest BCUT2D eigenvalue weighted by atomic mass is 10.0. The third-order valence-electron chi connectivity index (χ3n) is 5.20. The molecule has 3 heteroatoms. The van der Waals surface area contributed by atoms with Gasteiger partial charge in [-0.15, -0.1) is 0 Å². The molecule has 0 saturated heterocycles. The van der Waals surface area contributed by atoms with Gasteiger partial charge in [-0.3, -0.25) is 4.79 Å². The van der Waals surface area contributed by atoms with Crippen LogP contribution in [0.2, 0.25) is 0 Å². The van der Waals surface area contributed by atoms with Gasteiger partial charge < -0.3 is 4.90 Å². The molecule has 0 aliphatic rings. The largest absolute Gasteiger partial charge is 0.311 e. The number of aryl methyl sites for hydroxylation is 2. The number of benzene rings is 3. The van der Waals surface area contributed by atoms with Crippen molar-refractivity contribution in [3.05, 3.63) is 95.6 Å². The van der Waals surface area contributed by atoms with Gasteiger partial charge in [0.15, 0.2) is 0 Å². The van der Waals surface area contributed by atoms with Gasteiger partial charge in [-0.1, -0.05) is 48.5 Å². The van der Waals surface area contributed by atoms with E-state index in [1.807, 2.05) is 67.7 Å². The Balaban J connectivity index is 1.87. The zero-order valence-corrected chi connectivity index (χ0v) is 16.3. The summed E-state index contributed by atoms with van der Waals surface area (Å²) in [6, 6.07) is 25.7. The van der Waals surface area contributed by atoms with Crippen molar-refractivity contribution in [1.82, 2.24) is 4.98 Å². The number of anilines is 1. The van der Waals surface area contributed by atoms with Crippen molar-refractivity contribution < 1.29 is 4.79 Å². The zero-order valence-electron chi connectivity index (χ0n) is 16.3. The first-order valence-corrected chi connectivity index (χ1v) is 9.35. The number of amides is 1. The van der Waals surface area contributed by atoms with Crippen LogP contribution in [0.1, 0.15) is 21.5 Å². The van der Waals surface area contributed by atoms with Crippen LogP contribution in [0, 0.1) is 13.8 Å². The number of rotatable bonds is 3. The second-order valence-corrected chi connectivity index (χ2v) is 7.07. The van der Waals surface area contributed by atoms with Crippen molar-refractivity contribution >= 4 is 22.5 Å². The number of nitrogens with zero attached hydrogens (tertiary/aromatic N) is 2. The van der Waals surface area contributed by atoms with Gasteiger partial charge >= 0.3 is 0 Å². The summed E-state index contributed by atoms with van der Waals surface area (Å²) in [6.45, 7) is 4.19. The van der Waals surface area contributed by atoms with Crippen molar-refractivity contribution in [2.45, 2.75) is 13.8 Å². The van der Waals surface area contributed by atoms with E-state index >= 15 is 0 Å². The fourth-order valence-corrected chi connectivity index (χ4v) is 3.35. The number of hydrogen-bond donors (Lipinski definition) is 0. The van der Waals surface area contributed by atoms with Crippen LogP contribution in [-0.2, 0) is 0 Å². The second kappa shape index (κ2) is 7.28. The lowest BCUT2D eigenvalue weighted by Crippen LogP contribution is -2.26. The van der Waals surface area contributed by atoms with Crippen LogP contribution in [-0.4, -0.2) is 17.9 Å². The number of para-hydroxylation sites is 2. The zero-order chi connectivity index (χ0) is 19.7. The summed E-state index contributed by atoms with van der Waals surface area (Å²) < 4.78 is 0. The van der Waals surface area contributed by atoms with Crippen LogP contribution in [0.5, 0.6) is 0 Å². The topological polar surface area (TPSA) is 33.2 Å². The van der Waals surface area contributed by atoms with E-state index in [1.54, 1.807) is 4.90 Å². The van der Waals surface area contributed by atoms with Gasteiger partial charge in [0, 0.05) is 23.7 Å². The molecule has 0 atom stereocenters. The Kier molecular flexibility index (Phi) is 4.66. The molecule has 3 nitrogen and oxygen atoms in total.